The minimum atomic E-state index is -0.489. The normalized spacial score (nSPS) is 12.4. The van der Waals surface area contributed by atoms with Crippen molar-refractivity contribution >= 4 is 34.4 Å². The van der Waals surface area contributed by atoms with Crippen LogP contribution in [-0.2, 0) is 12.3 Å². The Morgan fingerprint density at radius 1 is 1.27 bits per heavy atom. The Morgan fingerprint density at radius 2 is 2.12 bits per heavy atom. The summed E-state index contributed by atoms with van der Waals surface area (Å²) in [4.78, 5) is 37.6. The number of nitrogens with one attached hydrogen (secondary N) is 3. The van der Waals surface area contributed by atoms with Gasteiger partial charge in [0.15, 0.2) is 17.3 Å². The third kappa shape index (κ3) is 4.67. The van der Waals surface area contributed by atoms with E-state index in [0.717, 1.165) is 6.20 Å². The Labute approximate surface area is 193 Å². The van der Waals surface area contributed by atoms with Crippen LogP contribution in [0.2, 0.25) is 0 Å². The minimum absolute atomic E-state index is 0.0139. The van der Waals surface area contributed by atoms with Gasteiger partial charge in [0.1, 0.15) is 23.5 Å². The lowest BCUT2D eigenvalue weighted by molar-refractivity contribution is 0.620. The molecule has 0 bridgehead atoms. The summed E-state index contributed by atoms with van der Waals surface area (Å²) in [5, 5.41) is 3.25. The second-order valence-corrected chi connectivity index (χ2v) is 7.37. The standard InChI is InChI=1S/C21H21ClFN9O/c1-3-4-5-15-14(8-22)21(33)32(31-16-7-6-13(23)9-24-16)20(30-15)12(2)29-19-17-18(26-10-25-17)27-11-28-19/h3-4,6-7,9-12H,5,8H2,1-2H3,(H,24,31)(H2,25,26,27,28,29)/b4-3-. The lowest BCUT2D eigenvalue weighted by atomic mass is 10.1. The molecular formula is C21H21ClFN9O. The van der Waals surface area contributed by atoms with Crippen molar-refractivity contribution in [2.75, 3.05) is 10.7 Å². The van der Waals surface area contributed by atoms with E-state index in [1.165, 1.54) is 29.5 Å². The Morgan fingerprint density at radius 3 is 2.85 bits per heavy atom. The summed E-state index contributed by atoms with van der Waals surface area (Å²) in [6.45, 7) is 3.72. The SMILES string of the molecule is C/C=C\Cc1nc(C(C)Nc2ncnc3nc[nH]c23)n(Nc2ccc(F)cn2)c(=O)c1CCl. The molecule has 4 aromatic rings. The molecule has 0 amide bonds. The van der Waals surface area contributed by atoms with Crippen LogP contribution < -0.4 is 16.3 Å². The average Bonchev–Trinajstić information content (AvgIpc) is 3.30. The number of halogens is 2. The summed E-state index contributed by atoms with van der Waals surface area (Å²) < 4.78 is 14.6. The molecule has 0 aliphatic rings. The predicted molar refractivity (Wildman–Crippen MR) is 124 cm³/mol. The zero-order chi connectivity index (χ0) is 23.4. The number of allylic oxidation sites excluding steroid dienone is 2. The molecule has 3 N–H and O–H groups in total. The number of hydrogen-bond donors (Lipinski definition) is 3. The molecular weight excluding hydrogens is 449 g/mol. The van der Waals surface area contributed by atoms with Gasteiger partial charge in [-0.05, 0) is 26.0 Å². The number of H-pyrrole nitrogens is 1. The molecule has 0 radical (unpaired) electrons. The van der Waals surface area contributed by atoms with E-state index in [1.54, 1.807) is 0 Å². The first kappa shape index (κ1) is 22.3. The van der Waals surface area contributed by atoms with Crippen LogP contribution >= 0.6 is 11.6 Å². The van der Waals surface area contributed by atoms with E-state index in [9.17, 15) is 9.18 Å². The van der Waals surface area contributed by atoms with Gasteiger partial charge in [0.05, 0.1) is 35.7 Å². The van der Waals surface area contributed by atoms with Gasteiger partial charge < -0.3 is 10.3 Å². The maximum atomic E-state index is 13.4. The molecule has 0 aromatic carbocycles. The molecule has 170 valence electrons. The number of nitrogens with zero attached hydrogens (tertiary/aromatic N) is 6. The Kier molecular flexibility index (Phi) is 6.59. The first-order valence-electron chi connectivity index (χ1n) is 10.1. The van der Waals surface area contributed by atoms with Gasteiger partial charge in [-0.1, -0.05) is 12.2 Å². The van der Waals surface area contributed by atoms with Crippen LogP contribution in [0.4, 0.5) is 16.0 Å². The number of alkyl halides is 1. The van der Waals surface area contributed by atoms with Crippen molar-refractivity contribution in [3.05, 3.63) is 76.4 Å². The summed E-state index contributed by atoms with van der Waals surface area (Å²) in [7, 11) is 0. The fraction of sp³-hybridized carbons (Fsp3) is 0.238. The summed E-state index contributed by atoms with van der Waals surface area (Å²) in [6, 6.07) is 2.19. The highest BCUT2D eigenvalue weighted by atomic mass is 35.5. The van der Waals surface area contributed by atoms with Crippen LogP contribution in [0.15, 0.2) is 47.9 Å². The lowest BCUT2D eigenvalue weighted by Gasteiger charge is -2.22. The number of hydrogen-bond acceptors (Lipinski definition) is 8. The molecule has 4 aromatic heterocycles. The van der Waals surface area contributed by atoms with Gasteiger partial charge in [-0.25, -0.2) is 34.0 Å². The molecule has 0 aliphatic carbocycles. The van der Waals surface area contributed by atoms with E-state index < -0.39 is 11.9 Å². The lowest BCUT2D eigenvalue weighted by Crippen LogP contribution is -2.36. The highest BCUT2D eigenvalue weighted by Gasteiger charge is 2.21. The zero-order valence-corrected chi connectivity index (χ0v) is 18.6. The third-order valence-electron chi connectivity index (χ3n) is 4.89. The molecule has 1 atom stereocenters. The third-order valence-corrected chi connectivity index (χ3v) is 5.15. The van der Waals surface area contributed by atoms with Crippen LogP contribution in [0.5, 0.6) is 0 Å². The van der Waals surface area contributed by atoms with E-state index in [1.807, 2.05) is 26.0 Å². The van der Waals surface area contributed by atoms with Crippen molar-refractivity contribution in [2.45, 2.75) is 32.2 Å². The summed E-state index contributed by atoms with van der Waals surface area (Å²) in [5.41, 5.74) is 4.60. The number of anilines is 2. The van der Waals surface area contributed by atoms with Crippen molar-refractivity contribution in [1.29, 1.82) is 0 Å². The monoisotopic (exact) mass is 469 g/mol. The Balaban J connectivity index is 1.80. The van der Waals surface area contributed by atoms with Crippen LogP contribution in [0.3, 0.4) is 0 Å². The van der Waals surface area contributed by atoms with Gasteiger partial charge in [-0.2, -0.15) is 0 Å². The summed E-state index contributed by atoms with van der Waals surface area (Å²) in [5.74, 6) is 0.637. The Bertz CT molecular complexity index is 1350. The van der Waals surface area contributed by atoms with Gasteiger partial charge in [-0.15, -0.1) is 11.6 Å². The first-order valence-corrected chi connectivity index (χ1v) is 10.7. The van der Waals surface area contributed by atoms with E-state index in [-0.39, 0.29) is 17.3 Å². The minimum Gasteiger partial charge on any atom is -0.358 e. The van der Waals surface area contributed by atoms with Crippen LogP contribution in [-0.4, -0.2) is 34.6 Å². The van der Waals surface area contributed by atoms with Gasteiger partial charge in [-0.3, -0.25) is 10.2 Å². The molecule has 0 fully saturated rings. The number of rotatable bonds is 8. The molecule has 0 spiro atoms. The van der Waals surface area contributed by atoms with Gasteiger partial charge in [0.25, 0.3) is 5.56 Å². The second-order valence-electron chi connectivity index (χ2n) is 7.11. The van der Waals surface area contributed by atoms with Gasteiger partial charge in [0.2, 0.25) is 0 Å². The Hall–Kier alpha value is -3.86. The first-order chi connectivity index (χ1) is 16.0. The molecule has 4 rings (SSSR count). The molecule has 0 saturated carbocycles. The topological polar surface area (TPSA) is 126 Å². The predicted octanol–water partition coefficient (Wildman–Crippen LogP) is 3.35. The fourth-order valence-electron chi connectivity index (χ4n) is 3.25. The highest BCUT2D eigenvalue weighted by molar-refractivity contribution is 6.17. The maximum Gasteiger partial charge on any atom is 0.277 e. The number of pyridine rings is 1. The van der Waals surface area contributed by atoms with Crippen LogP contribution in [0, 0.1) is 5.82 Å². The number of fused-ring (bicyclic) bond motifs is 1. The molecule has 12 heteroatoms. The quantitative estimate of drug-likeness (QED) is 0.265. The average molecular weight is 470 g/mol. The highest BCUT2D eigenvalue weighted by Crippen LogP contribution is 2.22. The molecule has 10 nitrogen and oxygen atoms in total. The molecule has 4 heterocycles. The smallest absolute Gasteiger partial charge is 0.277 e. The molecule has 0 aliphatic heterocycles. The van der Waals surface area contributed by atoms with E-state index in [0.29, 0.717) is 40.5 Å². The van der Waals surface area contributed by atoms with Crippen LogP contribution in [0.25, 0.3) is 11.2 Å². The van der Waals surface area contributed by atoms with Gasteiger partial charge >= 0.3 is 0 Å². The molecule has 1 unspecified atom stereocenters. The molecule has 33 heavy (non-hydrogen) atoms. The van der Waals surface area contributed by atoms with Crippen molar-refractivity contribution in [3.63, 3.8) is 0 Å². The van der Waals surface area contributed by atoms with Crippen LogP contribution in [0.1, 0.15) is 37.0 Å². The van der Waals surface area contributed by atoms with Crippen molar-refractivity contribution in [3.8, 4) is 0 Å². The number of imidazole rings is 1. The van der Waals surface area contributed by atoms with Crippen molar-refractivity contribution in [2.24, 2.45) is 0 Å². The maximum absolute atomic E-state index is 13.4. The van der Waals surface area contributed by atoms with E-state index in [4.69, 9.17) is 16.6 Å². The van der Waals surface area contributed by atoms with E-state index >= 15 is 0 Å². The zero-order valence-electron chi connectivity index (χ0n) is 17.9. The number of aromatic amines is 1. The second kappa shape index (κ2) is 9.74. The molecule has 0 saturated heterocycles. The van der Waals surface area contributed by atoms with E-state index in [2.05, 4.69) is 35.7 Å². The fourth-order valence-corrected chi connectivity index (χ4v) is 3.52. The number of aromatic nitrogens is 7. The largest absolute Gasteiger partial charge is 0.358 e. The van der Waals surface area contributed by atoms with Crippen molar-refractivity contribution in [1.82, 2.24) is 34.6 Å². The summed E-state index contributed by atoms with van der Waals surface area (Å²) in [6.07, 6.45) is 8.20. The van der Waals surface area contributed by atoms with Crippen molar-refractivity contribution < 1.29 is 4.39 Å². The van der Waals surface area contributed by atoms with Gasteiger partial charge in [0, 0.05) is 6.42 Å². The summed E-state index contributed by atoms with van der Waals surface area (Å²) >= 11 is 6.11.